The van der Waals surface area contributed by atoms with Gasteiger partial charge in [-0.15, -0.1) is 0 Å². The van der Waals surface area contributed by atoms with Gasteiger partial charge in [-0.25, -0.2) is 18.7 Å². The number of piperazine rings is 1. The van der Waals surface area contributed by atoms with Crippen molar-refractivity contribution in [1.82, 2.24) is 19.7 Å². The number of hydrogen-bond donors (Lipinski definition) is 1. The molecule has 1 aliphatic rings. The lowest BCUT2D eigenvalue weighted by atomic mass is 10.1. The molecule has 10 heteroatoms. The molecule has 0 radical (unpaired) electrons. The van der Waals surface area contributed by atoms with Gasteiger partial charge in [0.25, 0.3) is 0 Å². The van der Waals surface area contributed by atoms with Crippen LogP contribution in [0, 0.1) is 23.0 Å². The van der Waals surface area contributed by atoms with Crippen molar-refractivity contribution < 1.29 is 8.78 Å². The summed E-state index contributed by atoms with van der Waals surface area (Å²) in [7, 11) is 1.84. The fourth-order valence-corrected chi connectivity index (χ4v) is 5.08. The molecule has 0 bridgehead atoms. The minimum atomic E-state index is -0.380. The molecular weight excluding hydrogens is 456 g/mol. The molecule has 0 atom stereocenters. The lowest BCUT2D eigenvalue weighted by Gasteiger charge is -2.29. The van der Waals surface area contributed by atoms with E-state index < -0.39 is 0 Å². The van der Waals surface area contributed by atoms with Gasteiger partial charge in [-0.2, -0.15) is 5.26 Å². The van der Waals surface area contributed by atoms with Gasteiger partial charge < -0.3 is 15.1 Å². The summed E-state index contributed by atoms with van der Waals surface area (Å²) in [6.07, 6.45) is 2.52. The van der Waals surface area contributed by atoms with Crippen molar-refractivity contribution in [2.75, 3.05) is 43.0 Å². The second-order valence-corrected chi connectivity index (χ2v) is 9.04. The number of thiazole rings is 1. The van der Waals surface area contributed by atoms with Gasteiger partial charge in [0.15, 0.2) is 16.6 Å². The number of nitriles is 1. The van der Waals surface area contributed by atoms with E-state index in [1.807, 2.05) is 25.1 Å². The van der Waals surface area contributed by atoms with Gasteiger partial charge in [0.2, 0.25) is 0 Å². The second kappa shape index (κ2) is 9.00. The highest BCUT2D eigenvalue weighted by molar-refractivity contribution is 7.16. The van der Waals surface area contributed by atoms with Crippen LogP contribution in [-0.4, -0.2) is 47.6 Å². The Hall–Kier alpha value is -3.55. The molecule has 0 amide bonds. The molecule has 0 saturated carbocycles. The Labute approximate surface area is 199 Å². The first-order valence-corrected chi connectivity index (χ1v) is 11.9. The van der Waals surface area contributed by atoms with Gasteiger partial charge in [0.1, 0.15) is 28.3 Å². The van der Waals surface area contributed by atoms with Gasteiger partial charge in [0.05, 0.1) is 11.4 Å². The van der Waals surface area contributed by atoms with Gasteiger partial charge in [-0.05, 0) is 30.7 Å². The predicted molar refractivity (Wildman–Crippen MR) is 130 cm³/mol. The number of aromatic nitrogens is 3. The highest BCUT2D eigenvalue weighted by atomic mass is 32.1. The normalized spacial score (nSPS) is 13.9. The predicted octanol–water partition coefficient (Wildman–Crippen LogP) is 4.35. The molecule has 1 N–H and O–H groups in total. The Balaban J connectivity index is 1.61. The molecule has 4 heterocycles. The monoisotopic (exact) mass is 479 g/mol. The van der Waals surface area contributed by atoms with E-state index >= 15 is 4.39 Å². The standard InChI is InChI=1S/C24H23F2N7S/c1-3-19-23(33-14-17(12-18(26)22(33)29-19)32-10-8-28-9-11-32)31(2)24-30-21(20(13-27)34-24)15-4-6-16(25)7-5-15/h4-7,12,14,28H,3,8-11H2,1-2H3. The quantitative estimate of drug-likeness (QED) is 0.459. The summed E-state index contributed by atoms with van der Waals surface area (Å²) in [6, 6.07) is 9.65. The number of rotatable bonds is 5. The maximum absolute atomic E-state index is 15.1. The van der Waals surface area contributed by atoms with Crippen LogP contribution in [0.4, 0.5) is 25.4 Å². The van der Waals surface area contributed by atoms with Crippen molar-refractivity contribution in [3.8, 4) is 17.3 Å². The molecule has 1 aromatic carbocycles. The summed E-state index contributed by atoms with van der Waals surface area (Å²) in [5.41, 5.74) is 2.94. The molecule has 5 rings (SSSR count). The summed E-state index contributed by atoms with van der Waals surface area (Å²) in [6.45, 7) is 5.26. The van der Waals surface area contributed by atoms with E-state index in [4.69, 9.17) is 4.98 Å². The molecule has 0 spiro atoms. The summed E-state index contributed by atoms with van der Waals surface area (Å²) < 4.78 is 30.3. The van der Waals surface area contributed by atoms with Crippen LogP contribution < -0.4 is 15.1 Å². The fourth-order valence-electron chi connectivity index (χ4n) is 4.24. The Morgan fingerprint density at radius 3 is 2.59 bits per heavy atom. The van der Waals surface area contributed by atoms with E-state index in [0.717, 1.165) is 37.6 Å². The zero-order valence-electron chi connectivity index (χ0n) is 18.8. The maximum atomic E-state index is 15.1. The van der Waals surface area contributed by atoms with Crippen molar-refractivity contribution in [1.29, 1.82) is 5.26 Å². The van der Waals surface area contributed by atoms with E-state index in [0.29, 0.717) is 33.5 Å². The van der Waals surface area contributed by atoms with Crippen molar-refractivity contribution >= 4 is 33.6 Å². The average molecular weight is 480 g/mol. The Bertz CT molecular complexity index is 1380. The van der Waals surface area contributed by atoms with Crippen LogP contribution in [0.3, 0.4) is 0 Å². The van der Waals surface area contributed by atoms with Crippen LogP contribution in [0.25, 0.3) is 16.9 Å². The number of nitrogens with zero attached hydrogens (tertiary/aromatic N) is 6. The Morgan fingerprint density at radius 1 is 1.18 bits per heavy atom. The number of pyridine rings is 1. The largest absolute Gasteiger partial charge is 0.368 e. The SMILES string of the molecule is CCc1nc2c(F)cc(N3CCNCC3)cn2c1N(C)c1nc(-c2ccc(F)cc2)c(C#N)s1. The number of imidazole rings is 1. The first-order valence-electron chi connectivity index (χ1n) is 11.1. The molecule has 1 aliphatic heterocycles. The Kier molecular flexibility index (Phi) is 5.89. The first kappa shape index (κ1) is 22.3. The number of fused-ring (bicyclic) bond motifs is 1. The summed E-state index contributed by atoms with van der Waals surface area (Å²) in [4.78, 5) is 13.7. The van der Waals surface area contributed by atoms with Crippen molar-refractivity contribution in [3.63, 3.8) is 0 Å². The van der Waals surface area contributed by atoms with Crippen LogP contribution in [0.2, 0.25) is 0 Å². The van der Waals surface area contributed by atoms with E-state index in [9.17, 15) is 9.65 Å². The summed E-state index contributed by atoms with van der Waals surface area (Å²) in [5.74, 6) is -0.0259. The number of hydrogen-bond acceptors (Lipinski definition) is 7. The molecule has 174 valence electrons. The summed E-state index contributed by atoms with van der Waals surface area (Å²) >= 11 is 1.24. The lowest BCUT2D eigenvalue weighted by Crippen LogP contribution is -2.43. The van der Waals surface area contributed by atoms with Gasteiger partial charge in [-0.3, -0.25) is 4.40 Å². The topological polar surface area (TPSA) is 72.5 Å². The molecule has 0 unspecified atom stereocenters. The van der Waals surface area contributed by atoms with Crippen LogP contribution in [0.1, 0.15) is 17.5 Å². The smallest absolute Gasteiger partial charge is 0.192 e. The highest BCUT2D eigenvalue weighted by Gasteiger charge is 2.24. The summed E-state index contributed by atoms with van der Waals surface area (Å²) in [5, 5.41) is 13.6. The molecular formula is C24H23F2N7S. The van der Waals surface area contributed by atoms with Gasteiger partial charge in [0, 0.05) is 51.1 Å². The third-order valence-electron chi connectivity index (χ3n) is 5.96. The molecule has 1 saturated heterocycles. The van der Waals surface area contributed by atoms with Crippen molar-refractivity contribution in [2.45, 2.75) is 13.3 Å². The highest BCUT2D eigenvalue weighted by Crippen LogP contribution is 2.37. The molecule has 34 heavy (non-hydrogen) atoms. The minimum Gasteiger partial charge on any atom is -0.368 e. The van der Waals surface area contributed by atoms with Gasteiger partial charge in [-0.1, -0.05) is 18.3 Å². The fraction of sp³-hybridized carbons (Fsp3) is 0.292. The lowest BCUT2D eigenvalue weighted by molar-refractivity contribution is 0.583. The molecule has 1 fully saturated rings. The second-order valence-electron chi connectivity index (χ2n) is 8.06. The van der Waals surface area contributed by atoms with Crippen LogP contribution in [0.15, 0.2) is 36.5 Å². The maximum Gasteiger partial charge on any atom is 0.192 e. The average Bonchev–Trinajstić information content (AvgIpc) is 3.46. The van der Waals surface area contributed by atoms with E-state index in [-0.39, 0.29) is 17.3 Å². The van der Waals surface area contributed by atoms with Gasteiger partial charge >= 0.3 is 0 Å². The molecule has 7 nitrogen and oxygen atoms in total. The van der Waals surface area contributed by atoms with E-state index in [2.05, 4.69) is 21.3 Å². The number of aryl methyl sites for hydroxylation is 1. The Morgan fingerprint density at radius 2 is 1.91 bits per heavy atom. The van der Waals surface area contributed by atoms with Crippen molar-refractivity contribution in [3.05, 3.63) is 58.7 Å². The number of halogens is 2. The zero-order chi connectivity index (χ0) is 23.8. The molecule has 3 aromatic heterocycles. The number of benzene rings is 1. The molecule has 4 aromatic rings. The third-order valence-corrected chi connectivity index (χ3v) is 7.00. The minimum absolute atomic E-state index is 0.258. The molecule has 0 aliphatic carbocycles. The van der Waals surface area contributed by atoms with Crippen LogP contribution in [0.5, 0.6) is 0 Å². The van der Waals surface area contributed by atoms with Crippen LogP contribution in [-0.2, 0) is 6.42 Å². The van der Waals surface area contributed by atoms with Crippen molar-refractivity contribution in [2.24, 2.45) is 0 Å². The van der Waals surface area contributed by atoms with E-state index in [1.54, 1.807) is 22.6 Å². The third kappa shape index (κ3) is 3.87. The van der Waals surface area contributed by atoms with Crippen LogP contribution >= 0.6 is 11.3 Å². The first-order chi connectivity index (χ1) is 16.5. The van der Waals surface area contributed by atoms with E-state index in [1.165, 1.54) is 23.5 Å². The number of anilines is 3. The zero-order valence-corrected chi connectivity index (χ0v) is 19.7. The number of nitrogens with one attached hydrogen (secondary N) is 1.